The van der Waals surface area contributed by atoms with Crippen LogP contribution in [0.15, 0.2) is 24.3 Å². The van der Waals surface area contributed by atoms with Crippen molar-refractivity contribution in [2.24, 2.45) is 11.7 Å². The predicted octanol–water partition coefficient (Wildman–Crippen LogP) is 2.04. The summed E-state index contributed by atoms with van der Waals surface area (Å²) in [5.74, 6) is 0.471. The number of hydrogen-bond donors (Lipinski definition) is 2. The minimum absolute atomic E-state index is 0.0557. The minimum Gasteiger partial charge on any atom is -0.370 e. The molecule has 0 aliphatic heterocycles. The van der Waals surface area contributed by atoms with E-state index >= 15 is 0 Å². The number of methoxy groups -OCH3 is 1. The summed E-state index contributed by atoms with van der Waals surface area (Å²) in [6.45, 7) is 6.55. The lowest BCUT2D eigenvalue weighted by atomic mass is 10.00. The normalized spacial score (nSPS) is 14.1. The van der Waals surface area contributed by atoms with Crippen molar-refractivity contribution in [1.82, 2.24) is 5.32 Å². The summed E-state index contributed by atoms with van der Waals surface area (Å²) in [4.78, 5) is 11.9. The first-order valence-corrected chi connectivity index (χ1v) is 7.10. The third kappa shape index (κ3) is 4.94. The molecule has 1 aromatic carbocycles. The molecule has 0 aromatic heterocycles. The van der Waals surface area contributed by atoms with Crippen molar-refractivity contribution >= 4 is 5.91 Å². The molecule has 0 heterocycles. The Bertz CT molecular complexity index is 411. The van der Waals surface area contributed by atoms with Crippen LogP contribution in [0.2, 0.25) is 0 Å². The first-order valence-electron chi connectivity index (χ1n) is 7.10. The van der Waals surface area contributed by atoms with Crippen LogP contribution in [-0.4, -0.2) is 25.7 Å². The maximum Gasteiger partial charge on any atom is 0.250 e. The second-order valence-corrected chi connectivity index (χ2v) is 5.53. The van der Waals surface area contributed by atoms with E-state index in [1.54, 1.807) is 0 Å². The number of hydrogen-bond acceptors (Lipinski definition) is 3. The lowest BCUT2D eigenvalue weighted by Gasteiger charge is -2.19. The molecule has 112 valence electrons. The van der Waals surface area contributed by atoms with Crippen LogP contribution in [0.3, 0.4) is 0 Å². The third-order valence-electron chi connectivity index (χ3n) is 3.27. The molecule has 0 aliphatic carbocycles. The van der Waals surface area contributed by atoms with Crippen molar-refractivity contribution < 1.29 is 9.53 Å². The number of rotatable bonds is 7. The molecule has 2 unspecified atom stereocenters. The van der Waals surface area contributed by atoms with Crippen LogP contribution in [0.4, 0.5) is 0 Å². The topological polar surface area (TPSA) is 64.3 Å². The second-order valence-electron chi connectivity index (χ2n) is 5.53. The molecule has 0 aliphatic rings. The average Bonchev–Trinajstić information content (AvgIpc) is 2.40. The van der Waals surface area contributed by atoms with Crippen LogP contribution in [0, 0.1) is 5.92 Å². The molecule has 20 heavy (non-hydrogen) atoms. The molecule has 0 fully saturated rings. The highest BCUT2D eigenvalue weighted by Crippen LogP contribution is 2.15. The molecule has 0 saturated heterocycles. The lowest BCUT2D eigenvalue weighted by Crippen LogP contribution is -2.41. The Labute approximate surface area is 121 Å². The largest absolute Gasteiger partial charge is 0.370 e. The third-order valence-corrected chi connectivity index (χ3v) is 3.27. The molecular formula is C16H26N2O2. The van der Waals surface area contributed by atoms with Gasteiger partial charge in [0, 0.05) is 13.7 Å². The number of carbonyl (C=O) groups excluding carboxylic acids is 1. The fourth-order valence-electron chi connectivity index (χ4n) is 2.11. The molecule has 0 spiro atoms. The molecule has 4 nitrogen and oxygen atoms in total. The standard InChI is InChI=1S/C16H26N2O2/c1-11(2)9-13-5-7-14(8-6-13)12(3)18-16(19)15(10-17)20-4/h5-8,11-12,15H,9-10,17H2,1-4H3,(H,18,19). The van der Waals surface area contributed by atoms with Gasteiger partial charge >= 0.3 is 0 Å². The Balaban J connectivity index is 2.63. The van der Waals surface area contributed by atoms with Gasteiger partial charge in [0.25, 0.3) is 5.91 Å². The van der Waals surface area contributed by atoms with Gasteiger partial charge < -0.3 is 15.8 Å². The number of nitrogens with one attached hydrogen (secondary N) is 1. The zero-order chi connectivity index (χ0) is 15.1. The van der Waals surface area contributed by atoms with E-state index in [4.69, 9.17) is 10.5 Å². The Morgan fingerprint density at radius 3 is 2.30 bits per heavy atom. The van der Waals surface area contributed by atoms with E-state index in [2.05, 4.69) is 43.4 Å². The van der Waals surface area contributed by atoms with E-state index in [9.17, 15) is 4.79 Å². The zero-order valence-corrected chi connectivity index (χ0v) is 12.8. The molecule has 1 rings (SSSR count). The van der Waals surface area contributed by atoms with E-state index < -0.39 is 6.10 Å². The molecule has 0 saturated carbocycles. The molecule has 1 amide bonds. The van der Waals surface area contributed by atoms with Crippen LogP contribution in [0.1, 0.15) is 37.9 Å². The lowest BCUT2D eigenvalue weighted by molar-refractivity contribution is -0.131. The monoisotopic (exact) mass is 278 g/mol. The number of nitrogens with two attached hydrogens (primary N) is 1. The Morgan fingerprint density at radius 1 is 1.25 bits per heavy atom. The zero-order valence-electron chi connectivity index (χ0n) is 12.8. The second kappa shape index (κ2) is 8.02. The highest BCUT2D eigenvalue weighted by Gasteiger charge is 2.18. The van der Waals surface area contributed by atoms with Crippen molar-refractivity contribution in [3.8, 4) is 0 Å². The molecule has 0 radical (unpaired) electrons. The molecule has 2 atom stereocenters. The smallest absolute Gasteiger partial charge is 0.250 e. The van der Waals surface area contributed by atoms with Crippen LogP contribution in [-0.2, 0) is 16.0 Å². The summed E-state index contributed by atoms with van der Waals surface area (Å²) in [7, 11) is 1.49. The van der Waals surface area contributed by atoms with Gasteiger partial charge in [-0.1, -0.05) is 38.1 Å². The maximum atomic E-state index is 11.9. The van der Waals surface area contributed by atoms with Crippen LogP contribution >= 0.6 is 0 Å². The van der Waals surface area contributed by atoms with Gasteiger partial charge in [-0.15, -0.1) is 0 Å². The number of amides is 1. The van der Waals surface area contributed by atoms with Crippen molar-refractivity contribution in [2.75, 3.05) is 13.7 Å². The van der Waals surface area contributed by atoms with Crippen molar-refractivity contribution in [2.45, 2.75) is 39.3 Å². The quantitative estimate of drug-likeness (QED) is 0.802. The first kappa shape index (κ1) is 16.7. The predicted molar refractivity (Wildman–Crippen MR) is 81.4 cm³/mol. The van der Waals surface area contributed by atoms with E-state index in [0.717, 1.165) is 12.0 Å². The molecule has 1 aromatic rings. The van der Waals surface area contributed by atoms with Gasteiger partial charge in [0.15, 0.2) is 0 Å². The summed E-state index contributed by atoms with van der Waals surface area (Å²) in [5.41, 5.74) is 7.88. The van der Waals surface area contributed by atoms with E-state index in [1.165, 1.54) is 12.7 Å². The van der Waals surface area contributed by atoms with E-state index in [-0.39, 0.29) is 18.5 Å². The molecular weight excluding hydrogens is 252 g/mol. The van der Waals surface area contributed by atoms with Gasteiger partial charge in [-0.05, 0) is 30.4 Å². The fraction of sp³-hybridized carbons (Fsp3) is 0.562. The first-order chi connectivity index (χ1) is 9.47. The Kier molecular flexibility index (Phi) is 6.68. The van der Waals surface area contributed by atoms with Crippen LogP contribution < -0.4 is 11.1 Å². The fourth-order valence-corrected chi connectivity index (χ4v) is 2.11. The Morgan fingerprint density at radius 2 is 1.85 bits per heavy atom. The maximum absolute atomic E-state index is 11.9. The van der Waals surface area contributed by atoms with Crippen LogP contribution in [0.5, 0.6) is 0 Å². The summed E-state index contributed by atoms with van der Waals surface area (Å²) in [6, 6.07) is 8.31. The average molecular weight is 278 g/mol. The summed E-state index contributed by atoms with van der Waals surface area (Å²) in [6.07, 6.45) is 0.484. The number of carbonyl (C=O) groups is 1. The van der Waals surface area contributed by atoms with Crippen molar-refractivity contribution in [1.29, 1.82) is 0 Å². The van der Waals surface area contributed by atoms with Crippen molar-refractivity contribution in [3.63, 3.8) is 0 Å². The van der Waals surface area contributed by atoms with Crippen molar-refractivity contribution in [3.05, 3.63) is 35.4 Å². The summed E-state index contributed by atoms with van der Waals surface area (Å²) in [5, 5.41) is 2.91. The minimum atomic E-state index is -0.585. The highest BCUT2D eigenvalue weighted by atomic mass is 16.5. The SMILES string of the molecule is COC(CN)C(=O)NC(C)c1ccc(CC(C)C)cc1. The van der Waals surface area contributed by atoms with Crippen LogP contribution in [0.25, 0.3) is 0 Å². The van der Waals surface area contributed by atoms with Gasteiger partial charge in [-0.2, -0.15) is 0 Å². The summed E-state index contributed by atoms with van der Waals surface area (Å²) >= 11 is 0. The van der Waals surface area contributed by atoms with Gasteiger partial charge in [0.1, 0.15) is 6.10 Å². The molecule has 3 N–H and O–H groups in total. The van der Waals surface area contributed by atoms with Gasteiger partial charge in [0.2, 0.25) is 0 Å². The van der Waals surface area contributed by atoms with Gasteiger partial charge in [-0.3, -0.25) is 4.79 Å². The van der Waals surface area contributed by atoms with E-state index in [0.29, 0.717) is 5.92 Å². The van der Waals surface area contributed by atoms with Gasteiger partial charge in [-0.25, -0.2) is 0 Å². The molecule has 0 bridgehead atoms. The molecule has 4 heteroatoms. The highest BCUT2D eigenvalue weighted by molar-refractivity contribution is 5.81. The Hall–Kier alpha value is -1.39. The van der Waals surface area contributed by atoms with Gasteiger partial charge in [0.05, 0.1) is 6.04 Å². The number of benzene rings is 1. The van der Waals surface area contributed by atoms with E-state index in [1.807, 2.05) is 6.92 Å². The summed E-state index contributed by atoms with van der Waals surface area (Å²) < 4.78 is 5.02. The number of ether oxygens (including phenoxy) is 1.